The van der Waals surface area contributed by atoms with Gasteiger partial charge in [0.05, 0.1) is 54.1 Å². The Morgan fingerprint density at radius 3 is 2.02 bits per heavy atom. The lowest BCUT2D eigenvalue weighted by molar-refractivity contribution is 0.323. The Labute approximate surface area is 345 Å². The van der Waals surface area contributed by atoms with Gasteiger partial charge in [-0.15, -0.1) is 10.2 Å². The SMILES string of the molecule is CCn1c2ccccc2c2cc(-n3nncc3-c3ccc(Oc4ccccc4C(C)n4c5ccccc5c5cc(-n6nncc6CCOS(C)(=O)=O)ccc54)cc3)ccc21. The van der Waals surface area contributed by atoms with Gasteiger partial charge >= 0.3 is 0 Å². The fourth-order valence-electron chi connectivity index (χ4n) is 8.50. The minimum Gasteiger partial charge on any atom is -0.457 e. The molecule has 298 valence electrons. The van der Waals surface area contributed by atoms with Crippen molar-refractivity contribution in [2.24, 2.45) is 0 Å². The minimum absolute atomic E-state index is 0.00412. The van der Waals surface area contributed by atoms with Gasteiger partial charge in [0, 0.05) is 67.7 Å². The lowest BCUT2D eigenvalue weighted by Gasteiger charge is -2.21. The van der Waals surface area contributed by atoms with E-state index in [9.17, 15) is 8.42 Å². The molecule has 12 nitrogen and oxygen atoms in total. The van der Waals surface area contributed by atoms with Crippen molar-refractivity contribution < 1.29 is 17.3 Å². The van der Waals surface area contributed by atoms with E-state index in [2.05, 4.69) is 122 Å². The number of aryl methyl sites for hydroxylation is 1. The van der Waals surface area contributed by atoms with E-state index in [1.54, 1.807) is 17.1 Å². The van der Waals surface area contributed by atoms with Gasteiger partial charge in [-0.3, -0.25) is 4.18 Å². The maximum atomic E-state index is 11.5. The van der Waals surface area contributed by atoms with Crippen molar-refractivity contribution in [2.45, 2.75) is 32.9 Å². The highest BCUT2D eigenvalue weighted by Gasteiger charge is 2.21. The molecule has 0 saturated carbocycles. The van der Waals surface area contributed by atoms with E-state index >= 15 is 0 Å². The standard InChI is InChI=1S/C47H40N8O4S/c1-4-52-42-14-8-5-12-38(42)40-28-34(19-23-43(40)52)55-46(30-49-51-55)32-17-21-36(22-18-32)59-47-16-10-7-11-37(47)31(2)53-44-15-9-6-13-39(44)41-27-33(20-24-45(41)53)54-35(29-48-50-54)25-26-58-60(3,56)57/h5-24,27-31H,4,25-26H2,1-3H3. The first kappa shape index (κ1) is 37.2. The van der Waals surface area contributed by atoms with Crippen LogP contribution in [0.15, 0.2) is 146 Å². The van der Waals surface area contributed by atoms with Crippen molar-refractivity contribution in [2.75, 3.05) is 12.9 Å². The van der Waals surface area contributed by atoms with Crippen LogP contribution in [0.1, 0.15) is 31.1 Å². The van der Waals surface area contributed by atoms with Crippen LogP contribution in [0.4, 0.5) is 0 Å². The molecule has 0 amide bonds. The van der Waals surface area contributed by atoms with Gasteiger partial charge in [-0.2, -0.15) is 8.42 Å². The smallest absolute Gasteiger partial charge is 0.264 e. The van der Waals surface area contributed by atoms with Crippen molar-refractivity contribution >= 4 is 53.7 Å². The Hall–Kier alpha value is -7.09. The van der Waals surface area contributed by atoms with Gasteiger partial charge in [0.25, 0.3) is 10.1 Å². The van der Waals surface area contributed by atoms with E-state index in [-0.39, 0.29) is 12.6 Å². The summed E-state index contributed by atoms with van der Waals surface area (Å²) in [5.41, 5.74) is 9.92. The van der Waals surface area contributed by atoms with E-state index in [4.69, 9.17) is 8.92 Å². The summed E-state index contributed by atoms with van der Waals surface area (Å²) in [6.07, 6.45) is 4.80. The van der Waals surface area contributed by atoms with Gasteiger partial charge in [0.15, 0.2) is 0 Å². The van der Waals surface area contributed by atoms with Gasteiger partial charge in [-0.25, -0.2) is 9.36 Å². The number of fused-ring (bicyclic) bond motifs is 6. The molecule has 0 N–H and O–H groups in total. The van der Waals surface area contributed by atoms with Crippen LogP contribution in [-0.4, -0.2) is 60.4 Å². The van der Waals surface area contributed by atoms with Crippen LogP contribution >= 0.6 is 0 Å². The highest BCUT2D eigenvalue weighted by atomic mass is 32.2. The highest BCUT2D eigenvalue weighted by Crippen LogP contribution is 2.39. The Balaban J connectivity index is 0.939. The maximum absolute atomic E-state index is 11.5. The molecule has 0 spiro atoms. The first-order valence-electron chi connectivity index (χ1n) is 19.8. The third-order valence-electron chi connectivity index (χ3n) is 11.2. The second-order valence-electron chi connectivity index (χ2n) is 14.8. The van der Waals surface area contributed by atoms with Crippen LogP contribution in [0.3, 0.4) is 0 Å². The molecule has 0 saturated heterocycles. The molecule has 13 heteroatoms. The lowest BCUT2D eigenvalue weighted by atomic mass is 10.1. The molecule has 4 aromatic heterocycles. The van der Waals surface area contributed by atoms with Crippen LogP contribution in [0, 0.1) is 0 Å². The number of ether oxygens (including phenoxy) is 1. The first-order valence-corrected chi connectivity index (χ1v) is 21.6. The van der Waals surface area contributed by atoms with Crippen LogP contribution in [0.2, 0.25) is 0 Å². The second kappa shape index (κ2) is 14.9. The molecule has 1 atom stereocenters. The number of nitrogens with zero attached hydrogens (tertiary/aromatic N) is 8. The molecular formula is C47H40N8O4S. The number of para-hydroxylation sites is 3. The number of benzene rings is 6. The monoisotopic (exact) mass is 812 g/mol. The van der Waals surface area contributed by atoms with Gasteiger partial charge in [0.2, 0.25) is 0 Å². The molecule has 0 radical (unpaired) electrons. The molecule has 10 aromatic rings. The van der Waals surface area contributed by atoms with E-state index in [0.717, 1.165) is 74.2 Å². The number of hydrogen-bond donors (Lipinski definition) is 0. The summed E-state index contributed by atoms with van der Waals surface area (Å²) in [5.74, 6) is 1.47. The molecule has 1 unspecified atom stereocenters. The third kappa shape index (κ3) is 6.57. The molecule has 0 aliphatic rings. The molecule has 0 aliphatic carbocycles. The predicted molar refractivity (Wildman–Crippen MR) is 235 cm³/mol. The van der Waals surface area contributed by atoms with Crippen molar-refractivity contribution in [1.82, 2.24) is 39.1 Å². The molecule has 60 heavy (non-hydrogen) atoms. The van der Waals surface area contributed by atoms with E-state index in [1.807, 2.05) is 59.3 Å². The molecule has 4 heterocycles. The van der Waals surface area contributed by atoms with Crippen molar-refractivity contribution in [1.29, 1.82) is 0 Å². The molecule has 0 aliphatic heterocycles. The highest BCUT2D eigenvalue weighted by molar-refractivity contribution is 7.85. The zero-order chi connectivity index (χ0) is 41.0. The molecule has 10 rings (SSSR count). The normalized spacial score (nSPS) is 12.6. The summed E-state index contributed by atoms with van der Waals surface area (Å²) in [6.45, 7) is 5.26. The maximum Gasteiger partial charge on any atom is 0.264 e. The van der Waals surface area contributed by atoms with Crippen LogP contribution in [0.5, 0.6) is 11.5 Å². The quantitative estimate of drug-likeness (QED) is 0.112. The predicted octanol–water partition coefficient (Wildman–Crippen LogP) is 9.67. The van der Waals surface area contributed by atoms with Gasteiger partial charge in [0.1, 0.15) is 11.5 Å². The Bertz CT molecular complexity index is 3330. The first-order chi connectivity index (χ1) is 29.3. The zero-order valence-electron chi connectivity index (χ0n) is 33.2. The van der Waals surface area contributed by atoms with Gasteiger partial charge in [-0.1, -0.05) is 65.0 Å². The Kier molecular flexibility index (Phi) is 9.26. The second-order valence-corrected chi connectivity index (χ2v) is 16.5. The summed E-state index contributed by atoms with van der Waals surface area (Å²) in [4.78, 5) is 0. The summed E-state index contributed by atoms with van der Waals surface area (Å²) in [5, 5.41) is 21.8. The largest absolute Gasteiger partial charge is 0.457 e. The fraction of sp³-hybridized carbons (Fsp3) is 0.149. The molecule has 0 fully saturated rings. The summed E-state index contributed by atoms with van der Waals surface area (Å²) in [6, 6.07) is 45.7. The van der Waals surface area contributed by atoms with Gasteiger partial charge in [-0.05, 0) is 92.7 Å². The minimum atomic E-state index is -3.56. The molecular weight excluding hydrogens is 773 g/mol. The van der Waals surface area contributed by atoms with Gasteiger partial charge < -0.3 is 13.9 Å². The fourth-order valence-corrected chi connectivity index (χ4v) is 8.88. The average Bonchev–Trinajstić information content (AvgIpc) is 4.07. The number of hydrogen-bond acceptors (Lipinski definition) is 8. The van der Waals surface area contributed by atoms with Crippen molar-refractivity contribution in [3.63, 3.8) is 0 Å². The van der Waals surface area contributed by atoms with Crippen molar-refractivity contribution in [3.8, 4) is 34.1 Å². The van der Waals surface area contributed by atoms with Crippen LogP contribution in [0.25, 0.3) is 66.2 Å². The summed E-state index contributed by atoms with van der Waals surface area (Å²) in [7, 11) is -3.56. The van der Waals surface area contributed by atoms with E-state index < -0.39 is 10.1 Å². The van der Waals surface area contributed by atoms with E-state index in [1.165, 1.54) is 21.8 Å². The summed E-state index contributed by atoms with van der Waals surface area (Å²) < 4.78 is 43.0. The number of rotatable bonds is 12. The third-order valence-corrected chi connectivity index (χ3v) is 11.8. The summed E-state index contributed by atoms with van der Waals surface area (Å²) >= 11 is 0. The van der Waals surface area contributed by atoms with Crippen molar-refractivity contribution in [3.05, 3.63) is 157 Å². The zero-order valence-corrected chi connectivity index (χ0v) is 34.0. The Morgan fingerprint density at radius 1 is 0.650 bits per heavy atom. The topological polar surface area (TPSA) is 124 Å². The number of aromatic nitrogens is 8. The molecule has 6 aromatic carbocycles. The molecule has 0 bridgehead atoms. The Morgan fingerprint density at radius 2 is 1.25 bits per heavy atom. The lowest BCUT2D eigenvalue weighted by Crippen LogP contribution is -2.10. The van der Waals surface area contributed by atoms with Crippen LogP contribution < -0.4 is 4.74 Å². The van der Waals surface area contributed by atoms with E-state index in [0.29, 0.717) is 12.2 Å². The average molecular weight is 813 g/mol. The van der Waals surface area contributed by atoms with Crippen LogP contribution in [-0.2, 0) is 27.3 Å².